The third-order valence-corrected chi connectivity index (χ3v) is 1.34. The van der Waals surface area contributed by atoms with Crippen LogP contribution in [0, 0.1) is 11.6 Å². The van der Waals surface area contributed by atoms with Crippen LogP contribution >= 0.6 is 12.2 Å². The zero-order valence-electron chi connectivity index (χ0n) is 6.59. The van der Waals surface area contributed by atoms with Gasteiger partial charge in [0.15, 0.2) is 0 Å². The van der Waals surface area contributed by atoms with Crippen molar-refractivity contribution in [3.63, 3.8) is 0 Å². The second kappa shape index (κ2) is 4.13. The van der Waals surface area contributed by atoms with E-state index < -0.39 is 11.6 Å². The number of thiocarbonyl (C=S) groups is 1. The van der Waals surface area contributed by atoms with Crippen LogP contribution in [0.2, 0.25) is 0 Å². The Morgan fingerprint density at radius 2 is 1.85 bits per heavy atom. The zero-order chi connectivity index (χ0) is 9.84. The molecule has 1 aromatic rings. The fraction of sp³-hybridized carbons (Fsp3) is 0.125. The summed E-state index contributed by atoms with van der Waals surface area (Å²) >= 11 is 4.53. The Balaban J connectivity index is 2.71. The summed E-state index contributed by atoms with van der Waals surface area (Å²) in [7, 11) is 0. The molecular weight excluding hydrogens is 196 g/mol. The maximum atomic E-state index is 12.6. The molecule has 0 bridgehead atoms. The first-order valence-electron chi connectivity index (χ1n) is 3.45. The fourth-order valence-electron chi connectivity index (χ4n) is 0.766. The Kier molecular flexibility index (Phi) is 3.13. The van der Waals surface area contributed by atoms with Gasteiger partial charge in [-0.05, 0) is 0 Å². The van der Waals surface area contributed by atoms with Gasteiger partial charge < -0.3 is 10.5 Å². The van der Waals surface area contributed by atoms with Crippen LogP contribution < -0.4 is 10.5 Å². The van der Waals surface area contributed by atoms with E-state index >= 15 is 0 Å². The molecule has 2 nitrogen and oxygen atoms in total. The SMILES string of the molecule is NC(=S)COc1cc(F)cc(F)c1. The smallest absolute Gasteiger partial charge is 0.138 e. The van der Waals surface area contributed by atoms with E-state index in [4.69, 9.17) is 10.5 Å². The van der Waals surface area contributed by atoms with Crippen LogP contribution in [-0.4, -0.2) is 11.6 Å². The van der Waals surface area contributed by atoms with E-state index in [-0.39, 0.29) is 17.3 Å². The lowest BCUT2D eigenvalue weighted by molar-refractivity contribution is 0.371. The Bertz CT molecular complexity index is 310. The number of ether oxygens (including phenoxy) is 1. The summed E-state index contributed by atoms with van der Waals surface area (Å²) in [6, 6.07) is 2.87. The van der Waals surface area contributed by atoms with E-state index in [1.54, 1.807) is 0 Å². The second-order valence-corrected chi connectivity index (χ2v) is 2.88. The van der Waals surface area contributed by atoms with Crippen molar-refractivity contribution in [1.82, 2.24) is 0 Å². The van der Waals surface area contributed by atoms with Crippen molar-refractivity contribution in [1.29, 1.82) is 0 Å². The van der Waals surface area contributed by atoms with Crippen molar-refractivity contribution in [2.24, 2.45) is 5.73 Å². The number of hydrogen-bond donors (Lipinski definition) is 1. The topological polar surface area (TPSA) is 35.2 Å². The van der Waals surface area contributed by atoms with Gasteiger partial charge in [0.1, 0.15) is 29.0 Å². The average Bonchev–Trinajstić information content (AvgIpc) is 1.99. The molecule has 0 spiro atoms. The fourth-order valence-corrected chi connectivity index (χ4v) is 0.825. The third-order valence-electron chi connectivity index (χ3n) is 1.22. The highest BCUT2D eigenvalue weighted by atomic mass is 32.1. The van der Waals surface area contributed by atoms with Crippen molar-refractivity contribution in [2.75, 3.05) is 6.61 Å². The molecule has 5 heteroatoms. The number of halogens is 2. The van der Waals surface area contributed by atoms with Crippen LogP contribution in [0.15, 0.2) is 18.2 Å². The second-order valence-electron chi connectivity index (χ2n) is 2.36. The molecule has 0 saturated carbocycles. The molecule has 2 N–H and O–H groups in total. The molecule has 0 aromatic heterocycles. The van der Waals surface area contributed by atoms with Crippen molar-refractivity contribution < 1.29 is 13.5 Å². The summed E-state index contributed by atoms with van der Waals surface area (Å²) < 4.78 is 30.0. The number of nitrogens with two attached hydrogens (primary N) is 1. The maximum absolute atomic E-state index is 12.6. The molecule has 0 aliphatic rings. The van der Waals surface area contributed by atoms with Gasteiger partial charge in [-0.3, -0.25) is 0 Å². The lowest BCUT2D eigenvalue weighted by Crippen LogP contribution is -2.17. The van der Waals surface area contributed by atoms with Gasteiger partial charge in [-0.1, -0.05) is 12.2 Å². The summed E-state index contributed by atoms with van der Waals surface area (Å²) in [5.74, 6) is -1.32. The van der Waals surface area contributed by atoms with Crippen molar-refractivity contribution in [3.8, 4) is 5.75 Å². The summed E-state index contributed by atoms with van der Waals surface area (Å²) in [6.07, 6.45) is 0. The highest BCUT2D eigenvalue weighted by molar-refractivity contribution is 7.80. The monoisotopic (exact) mass is 203 g/mol. The molecule has 0 atom stereocenters. The first kappa shape index (κ1) is 9.85. The predicted octanol–water partition coefficient (Wildman–Crippen LogP) is 1.63. The summed E-state index contributed by atoms with van der Waals surface area (Å²) in [5, 5.41) is 0. The number of benzene rings is 1. The van der Waals surface area contributed by atoms with E-state index in [1.807, 2.05) is 0 Å². The lowest BCUT2D eigenvalue weighted by Gasteiger charge is -2.04. The molecule has 0 saturated heterocycles. The Morgan fingerprint density at radius 3 is 2.31 bits per heavy atom. The third kappa shape index (κ3) is 3.33. The van der Waals surface area contributed by atoms with Crippen LogP contribution in [0.5, 0.6) is 5.75 Å². The van der Waals surface area contributed by atoms with E-state index in [2.05, 4.69) is 12.2 Å². The molecule has 70 valence electrons. The Labute approximate surface area is 79.3 Å². The van der Waals surface area contributed by atoms with E-state index in [1.165, 1.54) is 0 Å². The minimum absolute atomic E-state index is 0.0295. The number of hydrogen-bond acceptors (Lipinski definition) is 2. The first-order valence-corrected chi connectivity index (χ1v) is 3.86. The van der Waals surface area contributed by atoms with Gasteiger partial charge in [0.2, 0.25) is 0 Å². The Morgan fingerprint density at radius 1 is 1.31 bits per heavy atom. The average molecular weight is 203 g/mol. The molecule has 0 radical (unpaired) electrons. The molecule has 1 rings (SSSR count). The minimum Gasteiger partial charge on any atom is -0.486 e. The van der Waals surface area contributed by atoms with Gasteiger partial charge in [0.05, 0.1) is 0 Å². The maximum Gasteiger partial charge on any atom is 0.138 e. The van der Waals surface area contributed by atoms with E-state index in [0.29, 0.717) is 0 Å². The molecular formula is C8H7F2NOS. The summed E-state index contributed by atoms with van der Waals surface area (Å²) in [5.41, 5.74) is 5.14. The number of rotatable bonds is 3. The summed E-state index contributed by atoms with van der Waals surface area (Å²) in [6.45, 7) is -0.0295. The molecule has 0 amide bonds. The largest absolute Gasteiger partial charge is 0.486 e. The van der Waals surface area contributed by atoms with Crippen molar-refractivity contribution >= 4 is 17.2 Å². The quantitative estimate of drug-likeness (QED) is 0.758. The first-order chi connectivity index (χ1) is 6.08. The van der Waals surface area contributed by atoms with Crippen LogP contribution in [0.1, 0.15) is 0 Å². The molecule has 13 heavy (non-hydrogen) atoms. The molecule has 0 heterocycles. The molecule has 0 fully saturated rings. The van der Waals surface area contributed by atoms with Gasteiger partial charge in [0, 0.05) is 18.2 Å². The molecule has 1 aromatic carbocycles. The molecule has 0 aliphatic heterocycles. The minimum atomic E-state index is -0.696. The highest BCUT2D eigenvalue weighted by Gasteiger charge is 2.01. The van der Waals surface area contributed by atoms with Gasteiger partial charge in [-0.2, -0.15) is 0 Å². The van der Waals surface area contributed by atoms with Crippen LogP contribution in [0.25, 0.3) is 0 Å². The molecule has 0 aliphatic carbocycles. The van der Waals surface area contributed by atoms with Gasteiger partial charge in [0.25, 0.3) is 0 Å². The summed E-state index contributed by atoms with van der Waals surface area (Å²) in [4.78, 5) is 0.129. The van der Waals surface area contributed by atoms with Gasteiger partial charge >= 0.3 is 0 Å². The molecule has 0 unspecified atom stereocenters. The van der Waals surface area contributed by atoms with Crippen LogP contribution in [0.4, 0.5) is 8.78 Å². The normalized spacial score (nSPS) is 9.69. The van der Waals surface area contributed by atoms with E-state index in [9.17, 15) is 8.78 Å². The van der Waals surface area contributed by atoms with Crippen molar-refractivity contribution in [2.45, 2.75) is 0 Å². The lowest BCUT2D eigenvalue weighted by atomic mass is 10.3. The van der Waals surface area contributed by atoms with Gasteiger partial charge in [-0.25, -0.2) is 8.78 Å². The van der Waals surface area contributed by atoms with Gasteiger partial charge in [-0.15, -0.1) is 0 Å². The van der Waals surface area contributed by atoms with Crippen LogP contribution in [-0.2, 0) is 0 Å². The Hall–Kier alpha value is -1.23. The highest BCUT2D eigenvalue weighted by Crippen LogP contribution is 2.14. The predicted molar refractivity (Wildman–Crippen MR) is 48.6 cm³/mol. The van der Waals surface area contributed by atoms with E-state index in [0.717, 1.165) is 18.2 Å². The van der Waals surface area contributed by atoms with Crippen molar-refractivity contribution in [3.05, 3.63) is 29.8 Å². The van der Waals surface area contributed by atoms with Crippen LogP contribution in [0.3, 0.4) is 0 Å². The zero-order valence-corrected chi connectivity index (χ0v) is 7.41. The standard InChI is InChI=1S/C8H7F2NOS/c9-5-1-6(10)3-7(2-5)12-4-8(11)13/h1-3H,4H2,(H2,11,13).